The van der Waals surface area contributed by atoms with Gasteiger partial charge in [-0.2, -0.15) is 29.9 Å². The highest BCUT2D eigenvalue weighted by atomic mass is 19.2. The van der Waals surface area contributed by atoms with Gasteiger partial charge < -0.3 is 68.3 Å². The van der Waals surface area contributed by atoms with Gasteiger partial charge in [0, 0.05) is 228 Å². The van der Waals surface area contributed by atoms with E-state index in [1.54, 1.807) is 98.6 Å². The number of anilines is 9. The number of aryl methyl sites for hydroxylation is 5. The van der Waals surface area contributed by atoms with Gasteiger partial charge in [0.15, 0.2) is 11.6 Å². The van der Waals surface area contributed by atoms with Crippen LogP contribution in [0.3, 0.4) is 0 Å². The number of pyridine rings is 1. The molecule has 720 valence electrons. The number of aromatic nitrogens is 19. The third kappa shape index (κ3) is 24.1. The molecule has 33 nitrogen and oxygen atoms in total. The quantitative estimate of drug-likeness (QED) is 0.0378. The molecule has 1 aliphatic heterocycles. The van der Waals surface area contributed by atoms with Gasteiger partial charge >= 0.3 is 0 Å². The van der Waals surface area contributed by atoms with E-state index in [4.69, 9.17) is 58.1 Å². The monoisotopic (exact) mass is 1890 g/mol. The fourth-order valence-electron chi connectivity index (χ4n) is 16.5. The molecule has 1 saturated heterocycles. The second kappa shape index (κ2) is 45.2. The van der Waals surface area contributed by atoms with Gasteiger partial charge in [-0.3, -0.25) is 43.3 Å². The van der Waals surface area contributed by atoms with E-state index in [2.05, 4.69) is 126 Å². The molecule has 0 atom stereocenters. The number of hydrogen-bond acceptors (Lipinski definition) is 28. The van der Waals surface area contributed by atoms with Crippen molar-refractivity contribution in [3.05, 3.63) is 273 Å². The minimum atomic E-state index is -1.01. The molecule has 18 aromatic rings. The lowest BCUT2D eigenvalue weighted by atomic mass is 10.1. The number of rotatable bonds is 34. The fourth-order valence-corrected chi connectivity index (χ4v) is 16.5. The summed E-state index contributed by atoms with van der Waals surface area (Å²) in [7, 11) is 20.7. The van der Waals surface area contributed by atoms with E-state index < -0.39 is 11.6 Å². The largest absolute Gasteiger partial charge is 0.497 e. The summed E-state index contributed by atoms with van der Waals surface area (Å²) in [6.45, 7) is 14.1. The maximum atomic E-state index is 14.3. The predicted molar refractivity (Wildman–Crippen MR) is 544 cm³/mol. The van der Waals surface area contributed by atoms with Crippen molar-refractivity contribution in [1.29, 1.82) is 0 Å². The summed E-state index contributed by atoms with van der Waals surface area (Å²) >= 11 is 0. The zero-order chi connectivity index (χ0) is 97.9. The van der Waals surface area contributed by atoms with E-state index in [0.29, 0.717) is 67.7 Å². The Bertz CT molecular complexity index is 7240. The van der Waals surface area contributed by atoms with Gasteiger partial charge in [-0.25, -0.2) is 29.3 Å². The molecule has 1 fully saturated rings. The van der Waals surface area contributed by atoms with Crippen molar-refractivity contribution in [2.24, 2.45) is 28.2 Å². The number of nitrogens with one attached hydrogen (secondary N) is 2. The van der Waals surface area contributed by atoms with E-state index in [0.717, 1.165) is 177 Å². The van der Waals surface area contributed by atoms with Crippen LogP contribution in [0, 0.1) is 18.6 Å². The van der Waals surface area contributed by atoms with E-state index >= 15 is 0 Å². The van der Waals surface area contributed by atoms with Gasteiger partial charge in [0.05, 0.1) is 190 Å². The zero-order valence-corrected chi connectivity index (χ0v) is 81.2. The molecule has 0 amide bonds. The summed E-state index contributed by atoms with van der Waals surface area (Å²) in [5.41, 5.74) is 23.3. The molecule has 11 heterocycles. The Hall–Kier alpha value is -16.1. The first-order valence-electron chi connectivity index (χ1n) is 46.0. The minimum Gasteiger partial charge on any atom is -0.497 e. The topological polar surface area (TPSA) is 310 Å². The van der Waals surface area contributed by atoms with E-state index in [-0.39, 0.29) is 11.8 Å². The summed E-state index contributed by atoms with van der Waals surface area (Å²) in [6, 6.07) is 53.0. The first-order chi connectivity index (χ1) is 68.0. The molecule has 1 aliphatic rings. The lowest BCUT2D eigenvalue weighted by Crippen LogP contribution is -2.32. The van der Waals surface area contributed by atoms with Crippen molar-refractivity contribution in [3.8, 4) is 79.5 Å². The van der Waals surface area contributed by atoms with Crippen molar-refractivity contribution in [2.75, 3.05) is 128 Å². The van der Waals surface area contributed by atoms with Crippen LogP contribution < -0.4 is 58.7 Å². The molecule has 8 aromatic carbocycles. The van der Waals surface area contributed by atoms with Crippen LogP contribution >= 0.6 is 0 Å². The normalized spacial score (nSPS) is 11.8. The van der Waals surface area contributed by atoms with E-state index in [1.807, 2.05) is 210 Å². The SMILES string of the molecule is CNc1cccc(CN(c2cc(OC)cc(OC)c2)c2ccc3ncc(-c4cnn(C)c4)nc3c2)n1.COCc1cc(OC)cc(N(CCCN2CCCC2)c2ccc3ncc(-c4cnn(C)c4)nc3c2)c1.COc1cc(N(CCNC(C)C)c2ccc3ncc(-c4cnn(C)c4)nc3c2)cc(F)c1F.COc1cc(OC)cc(N(CCn2ccc(C)n2)c2ccc3ncc(-c4cnn(C)c4)nc3c2)c1. The molecular weight excluding hydrogens is 1780 g/mol. The first kappa shape index (κ1) is 97.0. The van der Waals surface area contributed by atoms with Crippen LogP contribution in [-0.4, -0.2) is 207 Å². The Kier molecular flexibility index (Phi) is 31.3. The number of fused-ring (bicyclic) bond motifs is 4. The van der Waals surface area contributed by atoms with Crippen LogP contribution in [-0.2, 0) is 52.6 Å². The highest BCUT2D eigenvalue weighted by molar-refractivity contribution is 5.87. The molecule has 35 heteroatoms. The Balaban J connectivity index is 0.000000135. The van der Waals surface area contributed by atoms with E-state index in [1.165, 1.54) is 45.2 Å². The zero-order valence-electron chi connectivity index (χ0n) is 81.2. The molecule has 0 aliphatic carbocycles. The van der Waals surface area contributed by atoms with Crippen molar-refractivity contribution >= 4 is 95.5 Å². The molecule has 140 heavy (non-hydrogen) atoms. The number of methoxy groups -OCH3 is 7. The van der Waals surface area contributed by atoms with Crippen LogP contribution in [0.1, 0.15) is 50.1 Å². The summed E-state index contributed by atoms with van der Waals surface area (Å²) in [6.07, 6.45) is 27.6. The number of ether oxygens (including phenoxy) is 7. The van der Waals surface area contributed by atoms with Gasteiger partial charge in [-0.15, -0.1) is 0 Å². The van der Waals surface area contributed by atoms with Crippen LogP contribution in [0.5, 0.6) is 34.5 Å². The average Bonchev–Trinajstić information content (AvgIpc) is 1.10. The minimum absolute atomic E-state index is 0.147. The second-order valence-corrected chi connectivity index (χ2v) is 33.9. The number of halogens is 2. The Morgan fingerprint density at radius 1 is 0.407 bits per heavy atom. The van der Waals surface area contributed by atoms with Gasteiger partial charge in [0.1, 0.15) is 34.6 Å². The van der Waals surface area contributed by atoms with Gasteiger partial charge in [-0.1, -0.05) is 19.9 Å². The lowest BCUT2D eigenvalue weighted by Gasteiger charge is -2.27. The Morgan fingerprint density at radius 3 is 1.22 bits per heavy atom. The number of benzene rings is 8. The van der Waals surface area contributed by atoms with Crippen LogP contribution in [0.4, 0.5) is 60.1 Å². The molecule has 10 aromatic heterocycles. The second-order valence-electron chi connectivity index (χ2n) is 33.9. The summed E-state index contributed by atoms with van der Waals surface area (Å²) in [4.78, 5) is 53.8. The molecule has 0 spiro atoms. The lowest BCUT2D eigenvalue weighted by molar-refractivity contribution is 0.184. The highest BCUT2D eigenvalue weighted by Crippen LogP contribution is 2.41. The molecule has 2 N–H and O–H groups in total. The van der Waals surface area contributed by atoms with Gasteiger partial charge in [-0.05, 0) is 155 Å². The van der Waals surface area contributed by atoms with Gasteiger partial charge in [0.25, 0.3) is 0 Å². The maximum absolute atomic E-state index is 14.3. The fraction of sp³-hybridized carbons (Fsp3) is 0.276. The van der Waals surface area contributed by atoms with Crippen molar-refractivity contribution in [1.82, 2.24) is 104 Å². The predicted octanol–water partition coefficient (Wildman–Crippen LogP) is 18.5. The van der Waals surface area contributed by atoms with Crippen LogP contribution in [0.2, 0.25) is 0 Å². The summed E-state index contributed by atoms with van der Waals surface area (Å²) in [5, 5.41) is 28.0. The standard InChI is InChI=1S/C28H34N6O2.C27H27N7O2.C26H27N7O2.C24H26F2N6O/c1-32-19-22(17-30-32)28-18-29-26-8-7-23(16-27(26)31-28)34(12-6-11-33-9-4-5-10-33)24-13-21(20-35-2)14-25(15-24)36-3;1-28-27-7-5-6-19(31-27)17-34(21-10-22(35-3)13-23(11-21)36-4)20-8-9-24-25(12-20)32-26(15-29-24)18-14-30-33(2)16-18;1-18-7-8-32(30-18)9-10-33(21-11-22(34-3)14-23(12-21)35-4)20-5-6-24-25(13-20)29-26(16-27-24)19-15-28-31(2)17-19;1-15(2)27-7-8-32(18-9-19(25)24(26)23(11-18)33-4)17-5-6-20-21(10-17)30-22(13-28-20)16-12-29-31(3)14-16/h7-8,13-19H,4-6,9-12,20H2,1-3H3;5-16H,17H2,1-4H3,(H,28,31);5-8,11-17H,9-10H2,1-4H3;5-6,9-15,27H,7-8H2,1-4H3. The van der Waals surface area contributed by atoms with Crippen LogP contribution in [0.15, 0.2) is 244 Å². The highest BCUT2D eigenvalue weighted by Gasteiger charge is 2.24. The first-order valence-corrected chi connectivity index (χ1v) is 46.0. The number of nitrogens with zero attached hydrogens (tertiary/aromatic N) is 24. The molecule has 0 saturated carbocycles. The van der Waals surface area contributed by atoms with E-state index in [9.17, 15) is 8.78 Å². The molecule has 0 bridgehead atoms. The Labute approximate surface area is 811 Å². The summed E-state index contributed by atoms with van der Waals surface area (Å²) in [5.74, 6) is 2.35. The number of likely N-dealkylation sites (tertiary alicyclic amines) is 1. The third-order valence-corrected chi connectivity index (χ3v) is 23.6. The van der Waals surface area contributed by atoms with Crippen LogP contribution in [0.25, 0.3) is 89.2 Å². The van der Waals surface area contributed by atoms with Crippen molar-refractivity contribution in [3.63, 3.8) is 0 Å². The van der Waals surface area contributed by atoms with Gasteiger partial charge in [0.2, 0.25) is 5.82 Å². The third-order valence-electron chi connectivity index (χ3n) is 23.6. The molecule has 0 radical (unpaired) electrons. The molecular formula is C105H114F2N26O7. The molecule has 0 unspecified atom stereocenters. The Morgan fingerprint density at radius 2 is 0.821 bits per heavy atom. The number of hydrogen-bond donors (Lipinski definition) is 2. The average molecular weight is 1890 g/mol. The smallest absolute Gasteiger partial charge is 0.200 e. The molecule has 19 rings (SSSR count). The maximum Gasteiger partial charge on any atom is 0.200 e. The summed E-state index contributed by atoms with van der Waals surface area (Å²) < 4.78 is 75.6. The van der Waals surface area contributed by atoms with Crippen molar-refractivity contribution < 1.29 is 41.9 Å². The van der Waals surface area contributed by atoms with Crippen molar-refractivity contribution in [2.45, 2.75) is 65.8 Å².